The van der Waals surface area contributed by atoms with Crippen molar-refractivity contribution >= 4 is 5.91 Å². The SMILES string of the molecule is CCNC(=O)C[C@@H](C)CN. The van der Waals surface area contributed by atoms with Gasteiger partial charge < -0.3 is 11.1 Å². The summed E-state index contributed by atoms with van der Waals surface area (Å²) in [5.41, 5.74) is 5.34. The van der Waals surface area contributed by atoms with Crippen LogP contribution in [0.2, 0.25) is 0 Å². The van der Waals surface area contributed by atoms with Crippen molar-refractivity contribution in [2.24, 2.45) is 11.7 Å². The summed E-state index contributed by atoms with van der Waals surface area (Å²) in [6.45, 7) is 5.16. The third kappa shape index (κ3) is 4.32. The average Bonchev–Trinajstić information content (AvgIpc) is 1.88. The lowest BCUT2D eigenvalue weighted by molar-refractivity contribution is -0.121. The molecule has 0 aliphatic heterocycles. The van der Waals surface area contributed by atoms with E-state index in [1.54, 1.807) is 0 Å². The smallest absolute Gasteiger partial charge is 0.220 e. The summed E-state index contributed by atoms with van der Waals surface area (Å²) in [5, 5.41) is 2.72. The molecule has 60 valence electrons. The molecule has 0 heterocycles. The number of carbonyl (C=O) groups is 1. The molecule has 0 aromatic carbocycles. The standard InChI is InChI=1S/C7H16N2O/c1-3-9-7(10)4-6(2)5-8/h6H,3-5,8H2,1-2H3,(H,9,10)/t6-/m1/s1. The highest BCUT2D eigenvalue weighted by Gasteiger charge is 2.04. The van der Waals surface area contributed by atoms with Crippen molar-refractivity contribution in [2.75, 3.05) is 13.1 Å². The second kappa shape index (κ2) is 5.23. The Morgan fingerprint density at radius 1 is 1.70 bits per heavy atom. The van der Waals surface area contributed by atoms with Gasteiger partial charge in [-0.3, -0.25) is 4.79 Å². The Kier molecular flexibility index (Phi) is 4.94. The van der Waals surface area contributed by atoms with Crippen LogP contribution < -0.4 is 11.1 Å². The molecule has 0 unspecified atom stereocenters. The largest absolute Gasteiger partial charge is 0.356 e. The van der Waals surface area contributed by atoms with Crippen LogP contribution in [0.3, 0.4) is 0 Å². The van der Waals surface area contributed by atoms with Crippen molar-refractivity contribution in [1.82, 2.24) is 5.32 Å². The van der Waals surface area contributed by atoms with E-state index in [2.05, 4.69) is 5.32 Å². The summed E-state index contributed by atoms with van der Waals surface area (Å²) >= 11 is 0. The monoisotopic (exact) mass is 144 g/mol. The number of carbonyl (C=O) groups excluding carboxylic acids is 1. The molecular formula is C7H16N2O. The van der Waals surface area contributed by atoms with Crippen LogP contribution in [0.4, 0.5) is 0 Å². The fourth-order valence-corrected chi connectivity index (χ4v) is 0.669. The number of hydrogen-bond acceptors (Lipinski definition) is 2. The van der Waals surface area contributed by atoms with Gasteiger partial charge in [-0.15, -0.1) is 0 Å². The Morgan fingerprint density at radius 2 is 2.30 bits per heavy atom. The van der Waals surface area contributed by atoms with Crippen LogP contribution in [-0.2, 0) is 4.79 Å². The predicted octanol–water partition coefficient (Wildman–Crippen LogP) is 0.107. The molecule has 3 nitrogen and oxygen atoms in total. The van der Waals surface area contributed by atoms with Crippen molar-refractivity contribution in [2.45, 2.75) is 20.3 Å². The minimum absolute atomic E-state index is 0.0976. The summed E-state index contributed by atoms with van der Waals surface area (Å²) in [6, 6.07) is 0. The van der Waals surface area contributed by atoms with Crippen molar-refractivity contribution in [3.05, 3.63) is 0 Å². The van der Waals surface area contributed by atoms with E-state index < -0.39 is 0 Å². The first kappa shape index (κ1) is 9.43. The van der Waals surface area contributed by atoms with Gasteiger partial charge >= 0.3 is 0 Å². The molecule has 0 aromatic rings. The molecule has 0 aromatic heterocycles. The van der Waals surface area contributed by atoms with Crippen LogP contribution in [0.25, 0.3) is 0 Å². The number of hydrogen-bond donors (Lipinski definition) is 2. The fourth-order valence-electron chi connectivity index (χ4n) is 0.669. The van der Waals surface area contributed by atoms with E-state index in [1.165, 1.54) is 0 Å². The van der Waals surface area contributed by atoms with Crippen LogP contribution in [0, 0.1) is 5.92 Å². The average molecular weight is 144 g/mol. The van der Waals surface area contributed by atoms with Gasteiger partial charge in [0.25, 0.3) is 0 Å². The van der Waals surface area contributed by atoms with Crippen molar-refractivity contribution in [3.8, 4) is 0 Å². The number of nitrogens with one attached hydrogen (secondary N) is 1. The van der Waals surface area contributed by atoms with Gasteiger partial charge in [0.1, 0.15) is 0 Å². The number of rotatable bonds is 4. The van der Waals surface area contributed by atoms with Crippen LogP contribution in [0.15, 0.2) is 0 Å². The number of nitrogens with two attached hydrogens (primary N) is 1. The predicted molar refractivity (Wildman–Crippen MR) is 41.5 cm³/mol. The molecule has 0 spiro atoms. The molecule has 0 saturated carbocycles. The molecule has 10 heavy (non-hydrogen) atoms. The second-order valence-corrected chi connectivity index (χ2v) is 2.50. The Morgan fingerprint density at radius 3 is 2.70 bits per heavy atom. The van der Waals surface area contributed by atoms with Gasteiger partial charge in [-0.1, -0.05) is 6.92 Å². The maximum absolute atomic E-state index is 10.8. The molecule has 0 aliphatic rings. The van der Waals surface area contributed by atoms with Crippen LogP contribution in [0.5, 0.6) is 0 Å². The highest BCUT2D eigenvalue weighted by molar-refractivity contribution is 5.75. The van der Waals surface area contributed by atoms with Gasteiger partial charge in [-0.25, -0.2) is 0 Å². The lowest BCUT2D eigenvalue weighted by Gasteiger charge is -2.06. The fraction of sp³-hybridized carbons (Fsp3) is 0.857. The van der Waals surface area contributed by atoms with E-state index in [0.717, 1.165) is 0 Å². The van der Waals surface area contributed by atoms with Crippen molar-refractivity contribution in [1.29, 1.82) is 0 Å². The van der Waals surface area contributed by atoms with Crippen molar-refractivity contribution < 1.29 is 4.79 Å². The van der Waals surface area contributed by atoms with Gasteiger partial charge in [0.15, 0.2) is 0 Å². The van der Waals surface area contributed by atoms with E-state index in [1.807, 2.05) is 13.8 Å². The summed E-state index contributed by atoms with van der Waals surface area (Å²) in [4.78, 5) is 10.8. The molecular weight excluding hydrogens is 128 g/mol. The molecule has 0 bridgehead atoms. The summed E-state index contributed by atoms with van der Waals surface area (Å²) in [7, 11) is 0. The molecule has 0 saturated heterocycles. The van der Waals surface area contributed by atoms with E-state index in [-0.39, 0.29) is 5.91 Å². The van der Waals surface area contributed by atoms with Gasteiger partial charge in [0.2, 0.25) is 5.91 Å². The molecule has 1 amide bonds. The molecule has 1 atom stereocenters. The first-order chi connectivity index (χ1) is 4.70. The normalized spacial score (nSPS) is 12.7. The van der Waals surface area contributed by atoms with Gasteiger partial charge in [-0.2, -0.15) is 0 Å². The van der Waals surface area contributed by atoms with Crippen LogP contribution in [0.1, 0.15) is 20.3 Å². The van der Waals surface area contributed by atoms with Gasteiger partial charge in [0, 0.05) is 13.0 Å². The Labute approximate surface area is 62.0 Å². The van der Waals surface area contributed by atoms with Gasteiger partial charge in [0.05, 0.1) is 0 Å². The lowest BCUT2D eigenvalue weighted by Crippen LogP contribution is -2.26. The van der Waals surface area contributed by atoms with Crippen molar-refractivity contribution in [3.63, 3.8) is 0 Å². The molecule has 3 N–H and O–H groups in total. The zero-order valence-corrected chi connectivity index (χ0v) is 6.68. The maximum atomic E-state index is 10.8. The quantitative estimate of drug-likeness (QED) is 0.588. The maximum Gasteiger partial charge on any atom is 0.220 e. The van der Waals surface area contributed by atoms with E-state index >= 15 is 0 Å². The van der Waals surface area contributed by atoms with E-state index in [4.69, 9.17) is 5.73 Å². The van der Waals surface area contributed by atoms with Gasteiger partial charge in [-0.05, 0) is 19.4 Å². The van der Waals surface area contributed by atoms with E-state index in [9.17, 15) is 4.79 Å². The highest BCUT2D eigenvalue weighted by Crippen LogP contribution is 1.97. The summed E-state index contributed by atoms with van der Waals surface area (Å²) in [6.07, 6.45) is 0.546. The minimum Gasteiger partial charge on any atom is -0.356 e. The zero-order valence-electron chi connectivity index (χ0n) is 6.68. The minimum atomic E-state index is 0.0976. The van der Waals surface area contributed by atoms with Crippen LogP contribution >= 0.6 is 0 Å². The second-order valence-electron chi connectivity index (χ2n) is 2.50. The molecule has 3 heteroatoms. The molecule has 0 fully saturated rings. The molecule has 0 radical (unpaired) electrons. The Hall–Kier alpha value is -0.570. The van der Waals surface area contributed by atoms with E-state index in [0.29, 0.717) is 25.4 Å². The third-order valence-electron chi connectivity index (χ3n) is 1.31. The first-order valence-electron chi connectivity index (χ1n) is 3.67. The molecule has 0 aliphatic carbocycles. The lowest BCUT2D eigenvalue weighted by atomic mass is 10.1. The third-order valence-corrected chi connectivity index (χ3v) is 1.31. The number of amides is 1. The van der Waals surface area contributed by atoms with Crippen LogP contribution in [-0.4, -0.2) is 19.0 Å². The molecule has 0 rings (SSSR count). The Balaban J connectivity index is 3.37. The highest BCUT2D eigenvalue weighted by atomic mass is 16.1. The summed E-state index contributed by atoms with van der Waals surface area (Å²) < 4.78 is 0. The first-order valence-corrected chi connectivity index (χ1v) is 3.67. The zero-order chi connectivity index (χ0) is 7.98. The summed E-state index contributed by atoms with van der Waals surface area (Å²) in [5.74, 6) is 0.395. The Bertz CT molecular complexity index is 104. The topological polar surface area (TPSA) is 55.1 Å².